The minimum atomic E-state index is -3.80. The number of halogens is 1. The zero-order valence-corrected chi connectivity index (χ0v) is 19.9. The molecule has 2 aliphatic rings. The minimum absolute atomic E-state index is 0.221. The molecule has 4 aromatic rings. The van der Waals surface area contributed by atoms with Crippen LogP contribution in [-0.2, 0) is 10.0 Å². The second-order valence-corrected chi connectivity index (χ2v) is 11.2. The first kappa shape index (κ1) is 21.6. The number of fused-ring (bicyclic) bond motifs is 3. The summed E-state index contributed by atoms with van der Waals surface area (Å²) in [5, 5.41) is 8.25. The summed E-state index contributed by atoms with van der Waals surface area (Å²) in [6.07, 6.45) is 7.68. The highest BCUT2D eigenvalue weighted by molar-refractivity contribution is 7.90. The third-order valence-electron chi connectivity index (χ3n) is 6.78. The van der Waals surface area contributed by atoms with E-state index in [2.05, 4.69) is 15.6 Å². The van der Waals surface area contributed by atoms with E-state index in [1.807, 2.05) is 18.2 Å². The average Bonchev–Trinajstić information content (AvgIpc) is 3.41. The van der Waals surface area contributed by atoms with Crippen LogP contribution in [0.3, 0.4) is 0 Å². The van der Waals surface area contributed by atoms with Gasteiger partial charge in [0.1, 0.15) is 0 Å². The quantitative estimate of drug-likeness (QED) is 0.419. The van der Waals surface area contributed by atoms with Gasteiger partial charge in [0.05, 0.1) is 27.3 Å². The molecule has 0 radical (unpaired) electrons. The van der Waals surface area contributed by atoms with Crippen LogP contribution in [0, 0.1) is 0 Å². The summed E-state index contributed by atoms with van der Waals surface area (Å²) in [6.45, 7) is 0. The normalized spacial score (nSPS) is 22.2. The first-order valence-corrected chi connectivity index (χ1v) is 13.3. The lowest BCUT2D eigenvalue weighted by Gasteiger charge is -2.29. The van der Waals surface area contributed by atoms with Gasteiger partial charge < -0.3 is 10.6 Å². The van der Waals surface area contributed by atoms with Gasteiger partial charge in [-0.2, -0.15) is 0 Å². The first-order chi connectivity index (χ1) is 16.5. The second-order valence-electron chi connectivity index (χ2n) is 9.01. The Morgan fingerprint density at radius 1 is 1.00 bits per heavy atom. The Morgan fingerprint density at radius 2 is 1.71 bits per heavy atom. The number of benzene rings is 2. The summed E-state index contributed by atoms with van der Waals surface area (Å²) in [5.41, 5.74) is 1.73. The van der Waals surface area contributed by atoms with E-state index in [0.717, 1.165) is 18.2 Å². The highest BCUT2D eigenvalue weighted by atomic mass is 35.5. The van der Waals surface area contributed by atoms with Crippen molar-refractivity contribution < 1.29 is 8.42 Å². The van der Waals surface area contributed by atoms with Crippen molar-refractivity contribution in [2.45, 2.75) is 48.7 Å². The summed E-state index contributed by atoms with van der Waals surface area (Å²) >= 11 is 6.55. The predicted molar refractivity (Wildman–Crippen MR) is 134 cm³/mol. The van der Waals surface area contributed by atoms with Crippen molar-refractivity contribution >= 4 is 38.5 Å². The number of piperidine rings is 1. The van der Waals surface area contributed by atoms with Gasteiger partial charge in [-0.05, 0) is 43.9 Å². The highest BCUT2D eigenvalue weighted by Gasteiger charge is 2.33. The van der Waals surface area contributed by atoms with Crippen LogP contribution in [0.5, 0.6) is 0 Å². The number of rotatable bonds is 5. The number of nitrogens with one attached hydrogen (secondary N) is 2. The highest BCUT2D eigenvalue weighted by Crippen LogP contribution is 2.36. The number of hydrogen-bond donors (Lipinski definition) is 2. The van der Waals surface area contributed by atoms with E-state index < -0.39 is 10.0 Å². The lowest BCUT2D eigenvalue weighted by atomic mass is 10.00. The van der Waals surface area contributed by atoms with Gasteiger partial charge in [0.15, 0.2) is 0 Å². The Morgan fingerprint density at radius 3 is 2.47 bits per heavy atom. The molecule has 174 valence electrons. The molecule has 2 fully saturated rings. The molecule has 0 aliphatic carbocycles. The molecule has 0 amide bonds. The SMILES string of the molecule is O=S(=O)(c1ccccc1)n1cc(-c2nc(NC3CC4CCC(C3)N4)ncc2Cl)c2ccccc21. The van der Waals surface area contributed by atoms with E-state index >= 15 is 0 Å². The van der Waals surface area contributed by atoms with Gasteiger partial charge >= 0.3 is 0 Å². The fourth-order valence-electron chi connectivity index (χ4n) is 5.23. The van der Waals surface area contributed by atoms with Crippen molar-refractivity contribution in [3.05, 3.63) is 72.0 Å². The zero-order chi connectivity index (χ0) is 23.3. The van der Waals surface area contributed by atoms with Crippen LogP contribution < -0.4 is 10.6 Å². The lowest BCUT2D eigenvalue weighted by molar-refractivity contribution is 0.377. The molecule has 4 heterocycles. The Hall–Kier alpha value is -2.94. The third kappa shape index (κ3) is 3.76. The smallest absolute Gasteiger partial charge is 0.268 e. The Kier molecular flexibility index (Phi) is 5.32. The van der Waals surface area contributed by atoms with Crippen molar-refractivity contribution in [2.24, 2.45) is 0 Å². The molecule has 2 aromatic heterocycles. The third-order valence-corrected chi connectivity index (χ3v) is 8.75. The van der Waals surface area contributed by atoms with Gasteiger partial charge in [0, 0.05) is 35.3 Å². The molecule has 2 aliphatic heterocycles. The van der Waals surface area contributed by atoms with Crippen molar-refractivity contribution in [3.8, 4) is 11.3 Å². The van der Waals surface area contributed by atoms with Crippen LogP contribution in [0.4, 0.5) is 5.95 Å². The van der Waals surface area contributed by atoms with Crippen LogP contribution >= 0.6 is 11.6 Å². The molecular formula is C25H24ClN5O2S. The number of nitrogens with zero attached hydrogens (tertiary/aromatic N) is 3. The van der Waals surface area contributed by atoms with Crippen molar-refractivity contribution in [1.29, 1.82) is 0 Å². The van der Waals surface area contributed by atoms with E-state index in [1.165, 1.54) is 16.8 Å². The fourth-order valence-corrected chi connectivity index (χ4v) is 6.81. The minimum Gasteiger partial charge on any atom is -0.351 e. The molecule has 6 rings (SSSR count). The van der Waals surface area contributed by atoms with Gasteiger partial charge in [-0.1, -0.05) is 48.0 Å². The van der Waals surface area contributed by atoms with Crippen molar-refractivity contribution in [1.82, 2.24) is 19.3 Å². The van der Waals surface area contributed by atoms with E-state index in [1.54, 1.807) is 48.8 Å². The van der Waals surface area contributed by atoms with Crippen molar-refractivity contribution in [2.75, 3.05) is 5.32 Å². The predicted octanol–water partition coefficient (Wildman–Crippen LogP) is 4.68. The van der Waals surface area contributed by atoms with Crippen LogP contribution in [0.25, 0.3) is 22.2 Å². The monoisotopic (exact) mass is 493 g/mol. The average molecular weight is 494 g/mol. The summed E-state index contributed by atoms with van der Waals surface area (Å²) in [7, 11) is -3.80. The molecular weight excluding hydrogens is 470 g/mol. The van der Waals surface area contributed by atoms with Gasteiger partial charge in [0.2, 0.25) is 5.95 Å². The Labute approximate surface area is 203 Å². The standard InChI is InChI=1S/C25H24ClN5O2S/c26-22-14-27-25(29-18-12-16-10-11-17(13-18)28-16)30-24(22)21-15-31(23-9-5-4-8-20(21)23)34(32,33)19-6-2-1-3-7-19/h1-9,14-18,28H,10-13H2,(H,27,29,30). The molecule has 2 unspecified atom stereocenters. The van der Waals surface area contributed by atoms with Gasteiger partial charge in [-0.3, -0.25) is 0 Å². The number of anilines is 1. The summed E-state index contributed by atoms with van der Waals surface area (Å²) in [6, 6.07) is 17.2. The largest absolute Gasteiger partial charge is 0.351 e. The summed E-state index contributed by atoms with van der Waals surface area (Å²) in [4.78, 5) is 9.38. The molecule has 0 saturated carbocycles. The maximum absolute atomic E-state index is 13.5. The molecule has 2 aromatic carbocycles. The molecule has 9 heteroatoms. The van der Waals surface area contributed by atoms with E-state index in [0.29, 0.717) is 45.9 Å². The maximum Gasteiger partial charge on any atom is 0.268 e. The molecule has 0 spiro atoms. The summed E-state index contributed by atoms with van der Waals surface area (Å²) < 4.78 is 28.2. The van der Waals surface area contributed by atoms with Gasteiger partial charge in [0.25, 0.3) is 10.0 Å². The van der Waals surface area contributed by atoms with E-state index in [4.69, 9.17) is 16.6 Å². The Balaban J connectivity index is 1.42. The first-order valence-electron chi connectivity index (χ1n) is 11.5. The second kappa shape index (κ2) is 8.37. The van der Waals surface area contributed by atoms with Crippen molar-refractivity contribution in [3.63, 3.8) is 0 Å². The molecule has 2 atom stereocenters. The number of hydrogen-bond acceptors (Lipinski definition) is 6. The topological polar surface area (TPSA) is 88.9 Å². The van der Waals surface area contributed by atoms with Crippen LogP contribution in [0.15, 0.2) is 71.9 Å². The Bertz CT molecular complexity index is 1460. The molecule has 7 nitrogen and oxygen atoms in total. The van der Waals surface area contributed by atoms with E-state index in [-0.39, 0.29) is 4.90 Å². The van der Waals surface area contributed by atoms with Gasteiger partial charge in [-0.25, -0.2) is 22.4 Å². The zero-order valence-electron chi connectivity index (χ0n) is 18.4. The van der Waals surface area contributed by atoms with Crippen LogP contribution in [0.1, 0.15) is 25.7 Å². The maximum atomic E-state index is 13.5. The molecule has 2 saturated heterocycles. The molecule has 34 heavy (non-hydrogen) atoms. The van der Waals surface area contributed by atoms with E-state index in [9.17, 15) is 8.42 Å². The summed E-state index contributed by atoms with van der Waals surface area (Å²) in [5.74, 6) is 0.508. The lowest BCUT2D eigenvalue weighted by Crippen LogP contribution is -2.43. The van der Waals surface area contributed by atoms with Gasteiger partial charge in [-0.15, -0.1) is 0 Å². The number of para-hydroxylation sites is 1. The molecule has 2 N–H and O–H groups in total. The van der Waals surface area contributed by atoms with Crippen LogP contribution in [-0.4, -0.2) is 40.5 Å². The number of aromatic nitrogens is 3. The van der Waals surface area contributed by atoms with Crippen LogP contribution in [0.2, 0.25) is 5.02 Å². The fraction of sp³-hybridized carbons (Fsp3) is 0.280. The molecule has 2 bridgehead atoms.